The lowest BCUT2D eigenvalue weighted by Crippen LogP contribution is -2.48. The van der Waals surface area contributed by atoms with Crippen molar-refractivity contribution < 1.29 is 18.0 Å². The number of hydrogen-bond acceptors (Lipinski definition) is 3. The first-order chi connectivity index (χ1) is 8.93. The Bertz CT molecular complexity index is 509. The molecule has 0 aromatic carbocycles. The average Bonchev–Trinajstić information content (AvgIpc) is 2.37. The van der Waals surface area contributed by atoms with Crippen LogP contribution in [-0.2, 0) is 4.79 Å². The molecule has 1 aliphatic rings. The summed E-state index contributed by atoms with van der Waals surface area (Å²) in [5, 5.41) is 11.2. The fourth-order valence-electron chi connectivity index (χ4n) is 2.17. The van der Waals surface area contributed by atoms with Gasteiger partial charge in [0.15, 0.2) is 0 Å². The molecule has 0 bridgehead atoms. The molecule has 1 saturated heterocycles. The maximum atomic E-state index is 12.9. The molecule has 1 N–H and O–H groups in total. The van der Waals surface area contributed by atoms with Crippen molar-refractivity contribution in [3.63, 3.8) is 0 Å². The highest BCUT2D eigenvalue weighted by atomic mass is 19.4. The minimum atomic E-state index is -4.57. The van der Waals surface area contributed by atoms with Crippen LogP contribution >= 0.6 is 0 Å². The van der Waals surface area contributed by atoms with Gasteiger partial charge in [-0.15, -0.1) is 0 Å². The number of carbonyl (C=O) groups is 1. The fraction of sp³-hybridized carbons (Fsp3) is 0.417. The van der Waals surface area contributed by atoms with E-state index in [2.05, 4.69) is 10.3 Å². The van der Waals surface area contributed by atoms with Gasteiger partial charge in [0.2, 0.25) is 5.91 Å². The third kappa shape index (κ3) is 2.67. The predicted octanol–water partition coefficient (Wildman–Crippen LogP) is 1.96. The molecule has 2 rings (SSSR count). The second kappa shape index (κ2) is 4.88. The first-order valence-electron chi connectivity index (χ1n) is 5.60. The van der Waals surface area contributed by atoms with Crippen LogP contribution in [0.15, 0.2) is 24.5 Å². The zero-order valence-corrected chi connectivity index (χ0v) is 9.69. The lowest BCUT2D eigenvalue weighted by molar-refractivity contribution is -0.195. The molecule has 0 aliphatic carbocycles. The lowest BCUT2D eigenvalue weighted by atomic mass is 9.81. The fourth-order valence-corrected chi connectivity index (χ4v) is 2.17. The van der Waals surface area contributed by atoms with Crippen LogP contribution in [0.4, 0.5) is 13.2 Å². The largest absolute Gasteiger partial charge is 0.393 e. The highest BCUT2D eigenvalue weighted by Gasteiger charge is 2.51. The first-order valence-corrected chi connectivity index (χ1v) is 5.60. The zero-order chi connectivity index (χ0) is 14.0. The van der Waals surface area contributed by atoms with Gasteiger partial charge in [0.05, 0.1) is 18.0 Å². The summed E-state index contributed by atoms with van der Waals surface area (Å²) < 4.78 is 38.7. The SMILES string of the molecule is N#CC1C(=O)NC(c2cccnc2)CC1C(F)(F)F. The molecule has 0 saturated carbocycles. The Kier molecular flexibility index (Phi) is 3.42. The summed E-state index contributed by atoms with van der Waals surface area (Å²) in [7, 11) is 0. The standard InChI is InChI=1S/C12H10F3N3O/c13-12(14,15)9-4-10(7-2-1-3-17-6-7)18-11(19)8(9)5-16/h1-3,6,8-10H,4H2,(H,18,19). The van der Waals surface area contributed by atoms with Gasteiger partial charge >= 0.3 is 6.18 Å². The molecule has 3 unspecified atom stereocenters. The van der Waals surface area contributed by atoms with Crippen LogP contribution in [0.25, 0.3) is 0 Å². The monoisotopic (exact) mass is 269 g/mol. The number of hydrogen-bond donors (Lipinski definition) is 1. The molecule has 0 spiro atoms. The number of piperidine rings is 1. The predicted molar refractivity (Wildman–Crippen MR) is 58.4 cm³/mol. The molecule has 0 radical (unpaired) electrons. The number of nitrogens with zero attached hydrogens (tertiary/aromatic N) is 2. The molecule has 2 heterocycles. The molecule has 7 heteroatoms. The Morgan fingerprint density at radius 2 is 2.21 bits per heavy atom. The third-order valence-electron chi connectivity index (χ3n) is 3.14. The number of alkyl halides is 3. The maximum Gasteiger partial charge on any atom is 0.393 e. The summed E-state index contributed by atoms with van der Waals surface area (Å²) in [5.41, 5.74) is 0.501. The van der Waals surface area contributed by atoms with E-state index in [4.69, 9.17) is 5.26 Å². The Balaban J connectivity index is 2.29. The van der Waals surface area contributed by atoms with Crippen molar-refractivity contribution in [3.05, 3.63) is 30.1 Å². The molecule has 1 amide bonds. The van der Waals surface area contributed by atoms with Gasteiger partial charge in [0, 0.05) is 12.4 Å². The van der Waals surface area contributed by atoms with Crippen molar-refractivity contribution in [1.29, 1.82) is 5.26 Å². The Hall–Kier alpha value is -2.10. The second-order valence-corrected chi connectivity index (χ2v) is 4.34. The van der Waals surface area contributed by atoms with E-state index in [1.807, 2.05) is 0 Å². The van der Waals surface area contributed by atoms with Crippen LogP contribution in [-0.4, -0.2) is 17.1 Å². The highest BCUT2D eigenvalue weighted by molar-refractivity contribution is 5.82. The molecule has 1 aromatic heterocycles. The lowest BCUT2D eigenvalue weighted by Gasteiger charge is -2.34. The van der Waals surface area contributed by atoms with Crippen molar-refractivity contribution in [2.75, 3.05) is 0 Å². The quantitative estimate of drug-likeness (QED) is 0.847. The zero-order valence-electron chi connectivity index (χ0n) is 9.69. The maximum absolute atomic E-state index is 12.9. The van der Waals surface area contributed by atoms with E-state index in [1.165, 1.54) is 18.5 Å². The van der Waals surface area contributed by atoms with Gasteiger partial charge in [-0.2, -0.15) is 18.4 Å². The van der Waals surface area contributed by atoms with E-state index in [0.29, 0.717) is 5.56 Å². The molecule has 1 fully saturated rings. The van der Waals surface area contributed by atoms with E-state index < -0.39 is 30.0 Å². The average molecular weight is 269 g/mol. The minimum absolute atomic E-state index is 0.348. The summed E-state index contributed by atoms with van der Waals surface area (Å²) in [6.07, 6.45) is -2.02. The highest BCUT2D eigenvalue weighted by Crippen LogP contribution is 2.41. The number of carbonyl (C=O) groups excluding carboxylic acids is 1. The third-order valence-corrected chi connectivity index (χ3v) is 3.14. The van der Waals surface area contributed by atoms with Gasteiger partial charge in [-0.25, -0.2) is 0 Å². The van der Waals surface area contributed by atoms with E-state index in [0.717, 1.165) is 0 Å². The van der Waals surface area contributed by atoms with Crippen LogP contribution in [0.3, 0.4) is 0 Å². The summed E-state index contributed by atoms with van der Waals surface area (Å²) >= 11 is 0. The topological polar surface area (TPSA) is 65.8 Å². The molecule has 100 valence electrons. The van der Waals surface area contributed by atoms with Crippen LogP contribution < -0.4 is 5.32 Å². The summed E-state index contributed by atoms with van der Waals surface area (Å²) in [6.45, 7) is 0. The molecule has 19 heavy (non-hydrogen) atoms. The van der Waals surface area contributed by atoms with Gasteiger partial charge in [-0.1, -0.05) is 6.07 Å². The van der Waals surface area contributed by atoms with Gasteiger partial charge in [0.25, 0.3) is 0 Å². The van der Waals surface area contributed by atoms with Crippen molar-refractivity contribution in [1.82, 2.24) is 10.3 Å². The number of nitrogens with one attached hydrogen (secondary N) is 1. The van der Waals surface area contributed by atoms with E-state index >= 15 is 0 Å². The van der Waals surface area contributed by atoms with E-state index in [1.54, 1.807) is 12.1 Å². The van der Waals surface area contributed by atoms with E-state index in [9.17, 15) is 18.0 Å². The number of halogens is 3. The van der Waals surface area contributed by atoms with Crippen LogP contribution in [0.2, 0.25) is 0 Å². The summed E-state index contributed by atoms with van der Waals surface area (Å²) in [5.74, 6) is -4.52. The molecular formula is C12H10F3N3O. The molecule has 1 aliphatic heterocycles. The second-order valence-electron chi connectivity index (χ2n) is 4.34. The number of pyridine rings is 1. The van der Waals surface area contributed by atoms with Gasteiger partial charge in [-0.3, -0.25) is 9.78 Å². The van der Waals surface area contributed by atoms with Crippen molar-refractivity contribution >= 4 is 5.91 Å². The molecule has 1 aromatic rings. The Labute approximate surface area is 107 Å². The molecular weight excluding hydrogens is 259 g/mol. The number of aromatic nitrogens is 1. The number of nitriles is 1. The normalized spacial score (nSPS) is 27.5. The molecule has 3 atom stereocenters. The van der Waals surface area contributed by atoms with Gasteiger partial charge in [-0.05, 0) is 18.1 Å². The van der Waals surface area contributed by atoms with Gasteiger partial charge in [0.1, 0.15) is 5.92 Å². The van der Waals surface area contributed by atoms with E-state index in [-0.39, 0.29) is 6.42 Å². The van der Waals surface area contributed by atoms with Crippen molar-refractivity contribution in [2.45, 2.75) is 18.6 Å². The first kappa shape index (κ1) is 13.3. The van der Waals surface area contributed by atoms with Crippen LogP contribution in [0.1, 0.15) is 18.0 Å². The van der Waals surface area contributed by atoms with Crippen molar-refractivity contribution in [3.8, 4) is 6.07 Å². The summed E-state index contributed by atoms with van der Waals surface area (Å²) in [6, 6.07) is 3.85. The van der Waals surface area contributed by atoms with Crippen molar-refractivity contribution in [2.24, 2.45) is 11.8 Å². The number of amides is 1. The summed E-state index contributed by atoms with van der Waals surface area (Å²) in [4.78, 5) is 15.4. The minimum Gasteiger partial charge on any atom is -0.348 e. The smallest absolute Gasteiger partial charge is 0.348 e. The Morgan fingerprint density at radius 3 is 2.74 bits per heavy atom. The van der Waals surface area contributed by atoms with Crippen LogP contribution in [0.5, 0.6) is 0 Å². The molecule has 4 nitrogen and oxygen atoms in total. The Morgan fingerprint density at radius 1 is 1.47 bits per heavy atom. The number of rotatable bonds is 1. The van der Waals surface area contributed by atoms with Gasteiger partial charge < -0.3 is 5.32 Å². The van der Waals surface area contributed by atoms with Crippen LogP contribution in [0, 0.1) is 23.2 Å².